The van der Waals surface area contributed by atoms with E-state index in [1.165, 1.54) is 14.2 Å². The normalized spacial score (nSPS) is 23.8. The summed E-state index contributed by atoms with van der Waals surface area (Å²) in [7, 11) is 2.72. The molecule has 0 radical (unpaired) electrons. The number of benzene rings is 1. The highest BCUT2D eigenvalue weighted by Gasteiger charge is 2.54. The molecule has 29 heavy (non-hydrogen) atoms. The Labute approximate surface area is 168 Å². The van der Waals surface area contributed by atoms with Crippen LogP contribution in [0.4, 0.5) is 0 Å². The summed E-state index contributed by atoms with van der Waals surface area (Å²) < 4.78 is 10.2. The minimum absolute atomic E-state index is 0.257. The van der Waals surface area contributed by atoms with Gasteiger partial charge in [-0.1, -0.05) is 24.3 Å². The quantitative estimate of drug-likeness (QED) is 0.647. The van der Waals surface area contributed by atoms with Crippen molar-refractivity contribution >= 4 is 22.8 Å². The Bertz CT molecular complexity index is 1030. The molecule has 0 bridgehead atoms. The van der Waals surface area contributed by atoms with Crippen molar-refractivity contribution < 1.29 is 19.1 Å². The molecular weight excluding hydrogens is 370 g/mol. The third kappa shape index (κ3) is 3.38. The largest absolute Gasteiger partial charge is 0.469 e. The average Bonchev–Trinajstić information content (AvgIpc) is 3.36. The number of carbonyl (C=O) groups excluding carboxylic acids is 2. The van der Waals surface area contributed by atoms with Crippen molar-refractivity contribution in [3.8, 4) is 0 Å². The van der Waals surface area contributed by atoms with Gasteiger partial charge in [0.25, 0.3) is 0 Å². The average molecular weight is 393 g/mol. The molecule has 2 N–H and O–H groups in total. The lowest BCUT2D eigenvalue weighted by atomic mass is 9.85. The number of aromatic amines is 1. The number of H-pyrrole nitrogens is 1. The van der Waals surface area contributed by atoms with Crippen LogP contribution in [0.2, 0.25) is 0 Å². The number of aromatic nitrogens is 2. The van der Waals surface area contributed by atoms with E-state index in [2.05, 4.69) is 15.3 Å². The van der Waals surface area contributed by atoms with Gasteiger partial charge in [-0.05, 0) is 30.2 Å². The van der Waals surface area contributed by atoms with Crippen LogP contribution < -0.4 is 5.32 Å². The third-order valence-electron chi connectivity index (χ3n) is 5.66. The smallest absolute Gasteiger partial charge is 0.326 e. The van der Waals surface area contributed by atoms with Gasteiger partial charge >= 0.3 is 11.9 Å². The Kier molecular flexibility index (Phi) is 5.07. The highest BCUT2D eigenvalue weighted by Crippen LogP contribution is 2.41. The standard InChI is InChI=1S/C22H23N3O4/c1-28-20(26)16-12-22(21(27)29-2,25-19(16)18-9-5-6-10-23-18)11-14-13-24-17-8-4-3-7-15(14)17/h3-10,13,16,19,24-25H,11-12H2,1-2H3/t16-,19+,22-/m1/s1. The van der Waals surface area contributed by atoms with Crippen LogP contribution >= 0.6 is 0 Å². The molecule has 1 aromatic carbocycles. The Balaban J connectivity index is 1.76. The molecule has 1 fully saturated rings. The molecule has 3 heterocycles. The van der Waals surface area contributed by atoms with Gasteiger partial charge in [-0.25, -0.2) is 0 Å². The number of hydrogen-bond donors (Lipinski definition) is 2. The Morgan fingerprint density at radius 2 is 1.93 bits per heavy atom. The second-order valence-corrected chi connectivity index (χ2v) is 7.32. The molecule has 3 atom stereocenters. The molecule has 3 aromatic rings. The Hall–Kier alpha value is -3.19. The Morgan fingerprint density at radius 1 is 1.14 bits per heavy atom. The van der Waals surface area contributed by atoms with Crippen molar-refractivity contribution in [2.45, 2.75) is 24.4 Å². The van der Waals surface area contributed by atoms with Gasteiger partial charge in [0.2, 0.25) is 0 Å². The molecule has 2 aromatic heterocycles. The first kappa shape index (κ1) is 19.1. The van der Waals surface area contributed by atoms with E-state index in [0.29, 0.717) is 12.1 Å². The molecule has 0 unspecified atom stereocenters. The van der Waals surface area contributed by atoms with E-state index in [1.807, 2.05) is 48.7 Å². The maximum atomic E-state index is 13.0. The molecule has 4 rings (SSSR count). The predicted octanol–water partition coefficient (Wildman–Crippen LogP) is 2.54. The zero-order chi connectivity index (χ0) is 20.4. The number of hydrogen-bond acceptors (Lipinski definition) is 6. The number of pyridine rings is 1. The maximum absolute atomic E-state index is 13.0. The molecule has 0 saturated carbocycles. The van der Waals surface area contributed by atoms with Crippen LogP contribution in [0, 0.1) is 5.92 Å². The highest BCUT2D eigenvalue weighted by molar-refractivity contribution is 5.88. The number of nitrogens with one attached hydrogen (secondary N) is 2. The summed E-state index contributed by atoms with van der Waals surface area (Å²) in [4.78, 5) is 33.2. The third-order valence-corrected chi connectivity index (χ3v) is 5.66. The minimum atomic E-state index is -1.07. The fraction of sp³-hybridized carbons (Fsp3) is 0.318. The summed E-state index contributed by atoms with van der Waals surface area (Å²) in [6, 6.07) is 13.0. The van der Waals surface area contributed by atoms with E-state index >= 15 is 0 Å². The number of carbonyl (C=O) groups is 2. The van der Waals surface area contributed by atoms with Crippen molar-refractivity contribution in [1.82, 2.24) is 15.3 Å². The van der Waals surface area contributed by atoms with Crippen molar-refractivity contribution in [3.05, 3.63) is 66.1 Å². The molecule has 7 heteroatoms. The zero-order valence-corrected chi connectivity index (χ0v) is 16.3. The lowest BCUT2D eigenvalue weighted by Crippen LogP contribution is -2.50. The summed E-state index contributed by atoms with van der Waals surface area (Å²) in [5.41, 5.74) is 1.59. The number of nitrogens with zero attached hydrogens (tertiary/aromatic N) is 1. The van der Waals surface area contributed by atoms with Gasteiger partial charge in [-0.3, -0.25) is 19.9 Å². The Morgan fingerprint density at radius 3 is 2.66 bits per heavy atom. The van der Waals surface area contributed by atoms with Crippen LogP contribution in [-0.2, 0) is 25.5 Å². The number of esters is 2. The van der Waals surface area contributed by atoms with E-state index < -0.39 is 23.5 Å². The van der Waals surface area contributed by atoms with E-state index in [0.717, 1.165) is 16.5 Å². The van der Waals surface area contributed by atoms with Crippen LogP contribution in [0.25, 0.3) is 10.9 Å². The first-order valence-electron chi connectivity index (χ1n) is 9.48. The molecule has 150 valence electrons. The van der Waals surface area contributed by atoms with Crippen LogP contribution in [0.15, 0.2) is 54.9 Å². The summed E-state index contributed by atoms with van der Waals surface area (Å²) >= 11 is 0. The van der Waals surface area contributed by atoms with E-state index in [9.17, 15) is 9.59 Å². The summed E-state index contributed by atoms with van der Waals surface area (Å²) in [6.07, 6.45) is 4.20. The van der Waals surface area contributed by atoms with Gasteiger partial charge in [0, 0.05) is 29.7 Å². The number of methoxy groups -OCH3 is 2. The first-order chi connectivity index (χ1) is 14.1. The van der Waals surface area contributed by atoms with Crippen LogP contribution in [0.1, 0.15) is 23.7 Å². The second kappa shape index (κ2) is 7.67. The molecule has 1 aliphatic heterocycles. The van der Waals surface area contributed by atoms with Gasteiger partial charge in [0.05, 0.1) is 31.9 Å². The molecule has 0 spiro atoms. The molecular formula is C22H23N3O4. The van der Waals surface area contributed by atoms with Crippen molar-refractivity contribution in [2.75, 3.05) is 14.2 Å². The van der Waals surface area contributed by atoms with Crippen molar-refractivity contribution in [1.29, 1.82) is 0 Å². The van der Waals surface area contributed by atoms with Crippen molar-refractivity contribution in [3.63, 3.8) is 0 Å². The number of fused-ring (bicyclic) bond motifs is 1. The van der Waals surface area contributed by atoms with Crippen LogP contribution in [0.5, 0.6) is 0 Å². The minimum Gasteiger partial charge on any atom is -0.469 e. The van der Waals surface area contributed by atoms with Crippen LogP contribution in [0.3, 0.4) is 0 Å². The topological polar surface area (TPSA) is 93.3 Å². The van der Waals surface area contributed by atoms with Gasteiger partial charge in [0.1, 0.15) is 5.54 Å². The van der Waals surface area contributed by atoms with Gasteiger partial charge < -0.3 is 14.5 Å². The summed E-state index contributed by atoms with van der Waals surface area (Å²) in [5.74, 6) is -1.34. The van der Waals surface area contributed by atoms with Gasteiger partial charge in [0.15, 0.2) is 0 Å². The maximum Gasteiger partial charge on any atom is 0.326 e. The number of ether oxygens (including phenoxy) is 2. The van der Waals surface area contributed by atoms with E-state index in [4.69, 9.17) is 9.47 Å². The highest BCUT2D eigenvalue weighted by atomic mass is 16.5. The molecule has 0 aliphatic carbocycles. The van der Waals surface area contributed by atoms with Crippen LogP contribution in [-0.4, -0.2) is 41.7 Å². The lowest BCUT2D eigenvalue weighted by Gasteiger charge is -2.27. The first-order valence-corrected chi connectivity index (χ1v) is 9.48. The lowest BCUT2D eigenvalue weighted by molar-refractivity contribution is -0.148. The summed E-state index contributed by atoms with van der Waals surface area (Å²) in [6.45, 7) is 0. The predicted molar refractivity (Wildman–Crippen MR) is 107 cm³/mol. The number of para-hydroxylation sites is 1. The fourth-order valence-electron chi connectivity index (χ4n) is 4.30. The second-order valence-electron chi connectivity index (χ2n) is 7.32. The molecule has 7 nitrogen and oxygen atoms in total. The van der Waals surface area contributed by atoms with Gasteiger partial charge in [-0.15, -0.1) is 0 Å². The SMILES string of the molecule is COC(=O)[C@@H]1C[C@](Cc2c[nH]c3ccccc23)(C(=O)OC)N[C@@H]1c1ccccn1. The molecule has 1 saturated heterocycles. The fourth-order valence-corrected chi connectivity index (χ4v) is 4.30. The molecule has 0 amide bonds. The van der Waals surface area contributed by atoms with E-state index in [1.54, 1.807) is 6.20 Å². The van der Waals surface area contributed by atoms with Crippen molar-refractivity contribution in [2.24, 2.45) is 5.92 Å². The number of rotatable bonds is 5. The molecule has 1 aliphatic rings. The van der Waals surface area contributed by atoms with Gasteiger partial charge in [-0.2, -0.15) is 0 Å². The summed E-state index contributed by atoms with van der Waals surface area (Å²) in [5, 5.41) is 4.42. The monoisotopic (exact) mass is 393 g/mol. The zero-order valence-electron chi connectivity index (χ0n) is 16.3. The van der Waals surface area contributed by atoms with E-state index in [-0.39, 0.29) is 12.4 Å².